The molecule has 2 atom stereocenters. The highest BCUT2D eigenvalue weighted by molar-refractivity contribution is 7.10. The zero-order valence-corrected chi connectivity index (χ0v) is 13.6. The zero-order valence-electron chi connectivity index (χ0n) is 12.8. The van der Waals surface area contributed by atoms with Gasteiger partial charge in [0.15, 0.2) is 0 Å². The summed E-state index contributed by atoms with van der Waals surface area (Å²) in [6.07, 6.45) is 3.69. The molecule has 0 aromatic carbocycles. The van der Waals surface area contributed by atoms with Gasteiger partial charge in [0.25, 0.3) is 0 Å². The van der Waals surface area contributed by atoms with E-state index in [2.05, 4.69) is 49.4 Å². The van der Waals surface area contributed by atoms with Gasteiger partial charge in [-0.05, 0) is 50.1 Å². The molecule has 0 saturated heterocycles. The minimum absolute atomic E-state index is 0.577. The molecule has 2 nitrogen and oxygen atoms in total. The molecule has 3 heteroatoms. The van der Waals surface area contributed by atoms with Gasteiger partial charge in [-0.25, -0.2) is 0 Å². The van der Waals surface area contributed by atoms with E-state index in [-0.39, 0.29) is 0 Å². The number of rotatable bonds is 6. The van der Waals surface area contributed by atoms with E-state index >= 15 is 0 Å². The molecule has 0 saturated carbocycles. The minimum Gasteiger partial charge on any atom is -0.312 e. The predicted molar refractivity (Wildman–Crippen MR) is 85.0 cm³/mol. The molecule has 2 unspecified atom stereocenters. The van der Waals surface area contributed by atoms with Crippen LogP contribution in [-0.4, -0.2) is 30.1 Å². The third kappa shape index (κ3) is 3.39. The largest absolute Gasteiger partial charge is 0.312 e. The van der Waals surface area contributed by atoms with Gasteiger partial charge in [0.1, 0.15) is 0 Å². The smallest absolute Gasteiger partial charge is 0.0334 e. The van der Waals surface area contributed by atoms with Gasteiger partial charge in [-0.2, -0.15) is 0 Å². The molecule has 1 aliphatic heterocycles. The summed E-state index contributed by atoms with van der Waals surface area (Å²) >= 11 is 1.93. The van der Waals surface area contributed by atoms with Crippen LogP contribution in [0.15, 0.2) is 11.4 Å². The second-order valence-corrected chi connectivity index (χ2v) is 6.73. The van der Waals surface area contributed by atoms with Crippen molar-refractivity contribution in [3.63, 3.8) is 0 Å². The van der Waals surface area contributed by atoms with Crippen LogP contribution in [0.5, 0.6) is 0 Å². The molecule has 0 radical (unpaired) electrons. The van der Waals surface area contributed by atoms with Crippen molar-refractivity contribution in [2.75, 3.05) is 13.1 Å². The lowest BCUT2D eigenvalue weighted by atomic mass is 9.99. The van der Waals surface area contributed by atoms with Gasteiger partial charge in [0.05, 0.1) is 0 Å². The van der Waals surface area contributed by atoms with Crippen LogP contribution in [0, 0.1) is 0 Å². The Kier molecular flexibility index (Phi) is 5.43. The maximum Gasteiger partial charge on any atom is 0.0334 e. The number of hydrogen-bond acceptors (Lipinski definition) is 3. The second-order valence-electron chi connectivity index (χ2n) is 5.73. The molecule has 0 bridgehead atoms. The molecular formula is C16H28N2S. The normalized spacial score (nSPS) is 21.6. The Balaban J connectivity index is 1.92. The third-order valence-electron chi connectivity index (χ3n) is 4.58. The van der Waals surface area contributed by atoms with Gasteiger partial charge in [-0.3, -0.25) is 4.90 Å². The van der Waals surface area contributed by atoms with Crippen LogP contribution in [0.1, 0.15) is 57.0 Å². The van der Waals surface area contributed by atoms with E-state index in [1.165, 1.54) is 25.8 Å². The van der Waals surface area contributed by atoms with Crippen LogP contribution < -0.4 is 5.32 Å². The molecule has 1 aliphatic rings. The van der Waals surface area contributed by atoms with E-state index in [0.29, 0.717) is 18.1 Å². The van der Waals surface area contributed by atoms with Crippen molar-refractivity contribution < 1.29 is 0 Å². The van der Waals surface area contributed by atoms with Crippen molar-refractivity contribution in [3.8, 4) is 0 Å². The quantitative estimate of drug-likeness (QED) is 0.852. The highest BCUT2D eigenvalue weighted by Gasteiger charge is 2.27. The molecule has 19 heavy (non-hydrogen) atoms. The monoisotopic (exact) mass is 280 g/mol. The Labute approximate surface area is 122 Å². The summed E-state index contributed by atoms with van der Waals surface area (Å²) in [5.41, 5.74) is 1.56. The molecule has 0 amide bonds. The molecule has 1 aromatic rings. The van der Waals surface area contributed by atoms with Crippen molar-refractivity contribution in [3.05, 3.63) is 21.9 Å². The van der Waals surface area contributed by atoms with Gasteiger partial charge >= 0.3 is 0 Å². The average molecular weight is 280 g/mol. The fraction of sp³-hybridized carbons (Fsp3) is 0.750. The van der Waals surface area contributed by atoms with E-state index in [4.69, 9.17) is 0 Å². The maximum atomic E-state index is 3.72. The summed E-state index contributed by atoms with van der Waals surface area (Å²) in [6, 6.07) is 4.19. The van der Waals surface area contributed by atoms with Crippen molar-refractivity contribution in [2.24, 2.45) is 0 Å². The Bertz CT molecular complexity index is 384. The van der Waals surface area contributed by atoms with Gasteiger partial charge in [0, 0.05) is 36.1 Å². The molecule has 108 valence electrons. The van der Waals surface area contributed by atoms with Gasteiger partial charge < -0.3 is 5.32 Å². The number of fused-ring (bicyclic) bond motifs is 1. The third-order valence-corrected chi connectivity index (χ3v) is 5.57. The van der Waals surface area contributed by atoms with Crippen molar-refractivity contribution in [1.82, 2.24) is 10.2 Å². The molecule has 1 aromatic heterocycles. The highest BCUT2D eigenvalue weighted by atomic mass is 32.1. The lowest BCUT2D eigenvalue weighted by Crippen LogP contribution is -2.46. The number of nitrogens with one attached hydrogen (secondary N) is 1. The number of thiophene rings is 1. The van der Waals surface area contributed by atoms with Crippen LogP contribution in [0.25, 0.3) is 0 Å². The molecular weight excluding hydrogens is 252 g/mol. The highest BCUT2D eigenvalue weighted by Crippen LogP contribution is 2.33. The fourth-order valence-corrected chi connectivity index (χ4v) is 4.13. The fourth-order valence-electron chi connectivity index (χ4n) is 3.16. The van der Waals surface area contributed by atoms with Crippen LogP contribution >= 0.6 is 11.3 Å². The van der Waals surface area contributed by atoms with Gasteiger partial charge in [-0.15, -0.1) is 11.3 Å². The standard InChI is InChI=1S/C16H28N2S/c1-5-14(6-2)17-11-12(3)18-9-7-16-15(13(18)4)8-10-19-16/h8,10,12-14,17H,5-7,9,11H2,1-4H3. The summed E-state index contributed by atoms with van der Waals surface area (Å²) < 4.78 is 0. The summed E-state index contributed by atoms with van der Waals surface area (Å²) in [5.74, 6) is 0. The summed E-state index contributed by atoms with van der Waals surface area (Å²) in [6.45, 7) is 11.6. The molecule has 2 heterocycles. The van der Waals surface area contributed by atoms with Gasteiger partial charge in [-0.1, -0.05) is 13.8 Å². The van der Waals surface area contributed by atoms with Crippen molar-refractivity contribution in [1.29, 1.82) is 0 Å². The minimum atomic E-state index is 0.577. The Morgan fingerprint density at radius 1 is 1.42 bits per heavy atom. The molecule has 1 N–H and O–H groups in total. The van der Waals surface area contributed by atoms with E-state index < -0.39 is 0 Å². The topological polar surface area (TPSA) is 15.3 Å². The lowest BCUT2D eigenvalue weighted by molar-refractivity contribution is 0.140. The zero-order chi connectivity index (χ0) is 13.8. The number of nitrogens with zero attached hydrogens (tertiary/aromatic N) is 1. The van der Waals surface area contributed by atoms with Gasteiger partial charge in [0.2, 0.25) is 0 Å². The van der Waals surface area contributed by atoms with Crippen LogP contribution in [0.3, 0.4) is 0 Å². The summed E-state index contributed by atoms with van der Waals surface area (Å²) in [7, 11) is 0. The maximum absolute atomic E-state index is 3.72. The molecule has 0 spiro atoms. The number of hydrogen-bond donors (Lipinski definition) is 1. The lowest BCUT2D eigenvalue weighted by Gasteiger charge is -2.38. The van der Waals surface area contributed by atoms with Crippen LogP contribution in [0.2, 0.25) is 0 Å². The first-order chi connectivity index (χ1) is 9.17. The Hall–Kier alpha value is -0.380. The van der Waals surface area contributed by atoms with Crippen molar-refractivity contribution in [2.45, 2.75) is 65.1 Å². The van der Waals surface area contributed by atoms with E-state index in [9.17, 15) is 0 Å². The average Bonchev–Trinajstić information content (AvgIpc) is 2.89. The first kappa shape index (κ1) is 15.0. The molecule has 2 rings (SSSR count). The Morgan fingerprint density at radius 2 is 2.16 bits per heavy atom. The Morgan fingerprint density at radius 3 is 2.84 bits per heavy atom. The predicted octanol–water partition coefficient (Wildman–Crippen LogP) is 3.83. The van der Waals surface area contributed by atoms with E-state index in [1.807, 2.05) is 11.3 Å². The van der Waals surface area contributed by atoms with Crippen LogP contribution in [-0.2, 0) is 6.42 Å². The molecule has 0 fully saturated rings. The van der Waals surface area contributed by atoms with E-state index in [0.717, 1.165) is 6.54 Å². The first-order valence-corrected chi connectivity index (χ1v) is 8.60. The SMILES string of the molecule is CCC(CC)NCC(C)N1CCc2sccc2C1C. The summed E-state index contributed by atoms with van der Waals surface area (Å²) in [4.78, 5) is 4.26. The van der Waals surface area contributed by atoms with Crippen LogP contribution in [0.4, 0.5) is 0 Å². The van der Waals surface area contributed by atoms with Crippen molar-refractivity contribution >= 4 is 11.3 Å². The second kappa shape index (κ2) is 6.87. The first-order valence-electron chi connectivity index (χ1n) is 7.72. The molecule has 0 aliphatic carbocycles. The summed E-state index contributed by atoms with van der Waals surface area (Å²) in [5, 5.41) is 5.96. The van der Waals surface area contributed by atoms with E-state index in [1.54, 1.807) is 10.4 Å².